The van der Waals surface area contributed by atoms with Gasteiger partial charge in [0, 0.05) is 0 Å². The smallest absolute Gasteiger partial charge is 0.0568 e. The summed E-state index contributed by atoms with van der Waals surface area (Å²) in [5, 5.41) is 9.85. The van der Waals surface area contributed by atoms with Crippen molar-refractivity contribution in [3.8, 4) is 0 Å². The Morgan fingerprint density at radius 1 is 1.31 bits per heavy atom. The molecule has 0 radical (unpaired) electrons. The van der Waals surface area contributed by atoms with Crippen molar-refractivity contribution in [3.05, 3.63) is 41.5 Å². The van der Waals surface area contributed by atoms with E-state index >= 15 is 0 Å². The summed E-state index contributed by atoms with van der Waals surface area (Å²) >= 11 is 0. The van der Waals surface area contributed by atoms with Gasteiger partial charge in [-0.15, -0.1) is 0 Å². The molecule has 1 nitrogen and oxygen atoms in total. The molecule has 1 aromatic carbocycles. The summed E-state index contributed by atoms with van der Waals surface area (Å²) in [6, 6.07) is 8.50. The van der Waals surface area contributed by atoms with Crippen LogP contribution in [0.3, 0.4) is 0 Å². The molecule has 0 fully saturated rings. The van der Waals surface area contributed by atoms with Gasteiger partial charge in [-0.2, -0.15) is 0 Å². The van der Waals surface area contributed by atoms with Crippen molar-refractivity contribution < 1.29 is 5.11 Å². The number of hydrogen-bond donors (Lipinski definition) is 1. The summed E-state index contributed by atoms with van der Waals surface area (Å²) in [6.07, 6.45) is 5.18. The van der Waals surface area contributed by atoms with Gasteiger partial charge in [-0.05, 0) is 35.8 Å². The van der Waals surface area contributed by atoms with E-state index in [0.29, 0.717) is 5.92 Å². The monoisotopic (exact) mass is 216 g/mol. The molecule has 0 heterocycles. The van der Waals surface area contributed by atoms with Gasteiger partial charge in [-0.3, -0.25) is 0 Å². The molecule has 0 unspecified atom stereocenters. The predicted molar refractivity (Wildman–Crippen MR) is 68.1 cm³/mol. The molecule has 1 aliphatic rings. The lowest BCUT2D eigenvalue weighted by Crippen LogP contribution is -2.35. The predicted octanol–water partition coefficient (Wildman–Crippen LogP) is 3.28. The van der Waals surface area contributed by atoms with Crippen molar-refractivity contribution in [2.75, 3.05) is 0 Å². The van der Waals surface area contributed by atoms with E-state index in [1.54, 1.807) is 0 Å². The highest BCUT2D eigenvalue weighted by molar-refractivity contribution is 5.57. The number of fused-ring (bicyclic) bond motifs is 1. The van der Waals surface area contributed by atoms with Crippen LogP contribution in [0, 0.1) is 11.3 Å². The highest BCUT2D eigenvalue weighted by Gasteiger charge is 2.33. The van der Waals surface area contributed by atoms with Crippen LogP contribution in [0.5, 0.6) is 0 Å². The quantitative estimate of drug-likeness (QED) is 0.804. The minimum absolute atomic E-state index is 0.0654. The Bertz CT molecular complexity index is 402. The maximum atomic E-state index is 9.85. The first-order valence-electron chi connectivity index (χ1n) is 5.96. The van der Waals surface area contributed by atoms with Crippen LogP contribution in [0.25, 0.3) is 6.08 Å². The summed E-state index contributed by atoms with van der Waals surface area (Å²) in [5.41, 5.74) is 2.65. The van der Waals surface area contributed by atoms with Gasteiger partial charge in [-0.25, -0.2) is 0 Å². The maximum Gasteiger partial charge on any atom is 0.0568 e. The van der Waals surface area contributed by atoms with E-state index in [0.717, 1.165) is 6.42 Å². The van der Waals surface area contributed by atoms with Crippen molar-refractivity contribution in [3.63, 3.8) is 0 Å². The zero-order chi connectivity index (χ0) is 11.8. The van der Waals surface area contributed by atoms with Gasteiger partial charge in [0.15, 0.2) is 0 Å². The fraction of sp³-hybridized carbons (Fsp3) is 0.467. The van der Waals surface area contributed by atoms with Crippen LogP contribution in [0.15, 0.2) is 30.3 Å². The van der Waals surface area contributed by atoms with E-state index < -0.39 is 0 Å². The molecule has 2 rings (SSSR count). The van der Waals surface area contributed by atoms with Gasteiger partial charge in [0.2, 0.25) is 0 Å². The standard InChI is InChI=1S/C15H20O/c1-11(16)15(2,3)14-9-8-12-6-4-5-7-13(12)10-14/h4-9,11,14,16H,10H2,1-3H3/t11-,14+/m1/s1. The molecule has 0 saturated heterocycles. The molecular weight excluding hydrogens is 196 g/mol. The Morgan fingerprint density at radius 2 is 2.00 bits per heavy atom. The van der Waals surface area contributed by atoms with Crippen LogP contribution in [0.1, 0.15) is 31.9 Å². The van der Waals surface area contributed by atoms with Gasteiger partial charge in [0.1, 0.15) is 0 Å². The molecule has 1 N–H and O–H groups in total. The molecular formula is C15H20O. The second-order valence-electron chi connectivity index (χ2n) is 5.37. The molecule has 2 atom stereocenters. The molecule has 0 aromatic heterocycles. The first-order chi connectivity index (χ1) is 7.51. The van der Waals surface area contributed by atoms with Gasteiger partial charge < -0.3 is 5.11 Å². The summed E-state index contributed by atoms with van der Waals surface area (Å²) in [5.74, 6) is 0.419. The number of hydrogen-bond acceptors (Lipinski definition) is 1. The van der Waals surface area contributed by atoms with Crippen LogP contribution < -0.4 is 0 Å². The van der Waals surface area contributed by atoms with E-state index in [2.05, 4.69) is 50.3 Å². The van der Waals surface area contributed by atoms with E-state index in [9.17, 15) is 5.11 Å². The fourth-order valence-electron chi connectivity index (χ4n) is 2.23. The van der Waals surface area contributed by atoms with Crippen molar-refractivity contribution in [2.24, 2.45) is 11.3 Å². The molecule has 0 aliphatic heterocycles. The summed E-state index contributed by atoms with van der Waals surface area (Å²) in [4.78, 5) is 0. The number of benzene rings is 1. The zero-order valence-corrected chi connectivity index (χ0v) is 10.3. The van der Waals surface area contributed by atoms with Crippen molar-refractivity contribution >= 4 is 6.08 Å². The lowest BCUT2D eigenvalue weighted by Gasteiger charge is -2.37. The third-order valence-corrected chi connectivity index (χ3v) is 4.04. The lowest BCUT2D eigenvalue weighted by molar-refractivity contribution is 0.0348. The Balaban J connectivity index is 2.27. The van der Waals surface area contributed by atoms with Crippen molar-refractivity contribution in [1.82, 2.24) is 0 Å². The summed E-state index contributed by atoms with van der Waals surface area (Å²) in [6.45, 7) is 6.16. The Morgan fingerprint density at radius 3 is 2.69 bits per heavy atom. The van der Waals surface area contributed by atoms with Crippen LogP contribution in [0.4, 0.5) is 0 Å². The van der Waals surface area contributed by atoms with E-state index in [-0.39, 0.29) is 11.5 Å². The van der Waals surface area contributed by atoms with Crippen LogP contribution in [0.2, 0.25) is 0 Å². The molecule has 1 aromatic rings. The van der Waals surface area contributed by atoms with Gasteiger partial charge >= 0.3 is 0 Å². The first kappa shape index (κ1) is 11.4. The molecule has 0 bridgehead atoms. The highest BCUT2D eigenvalue weighted by Crippen LogP contribution is 2.37. The van der Waals surface area contributed by atoms with Crippen molar-refractivity contribution in [2.45, 2.75) is 33.3 Å². The number of aliphatic hydroxyl groups is 1. The largest absolute Gasteiger partial charge is 0.393 e. The number of allylic oxidation sites excluding steroid dienone is 1. The molecule has 0 spiro atoms. The topological polar surface area (TPSA) is 20.2 Å². The Hall–Kier alpha value is -1.08. The summed E-state index contributed by atoms with van der Waals surface area (Å²) < 4.78 is 0. The SMILES string of the molecule is C[C@@H](O)C(C)(C)[C@H]1C=Cc2ccccc2C1. The van der Waals surface area contributed by atoms with E-state index in [4.69, 9.17) is 0 Å². The first-order valence-corrected chi connectivity index (χ1v) is 5.96. The zero-order valence-electron chi connectivity index (χ0n) is 10.3. The Kier molecular flexibility index (Phi) is 2.90. The van der Waals surface area contributed by atoms with E-state index in [1.165, 1.54) is 11.1 Å². The van der Waals surface area contributed by atoms with E-state index in [1.807, 2.05) is 6.92 Å². The average molecular weight is 216 g/mol. The average Bonchev–Trinajstić information content (AvgIpc) is 2.28. The van der Waals surface area contributed by atoms with Crippen LogP contribution in [-0.2, 0) is 6.42 Å². The molecule has 16 heavy (non-hydrogen) atoms. The molecule has 0 saturated carbocycles. The van der Waals surface area contributed by atoms with Crippen LogP contribution >= 0.6 is 0 Å². The normalized spacial score (nSPS) is 21.6. The third-order valence-electron chi connectivity index (χ3n) is 4.04. The second kappa shape index (κ2) is 4.06. The van der Waals surface area contributed by atoms with Gasteiger partial charge in [0.05, 0.1) is 6.10 Å². The van der Waals surface area contributed by atoms with Crippen LogP contribution in [-0.4, -0.2) is 11.2 Å². The minimum Gasteiger partial charge on any atom is -0.393 e. The molecule has 1 aliphatic carbocycles. The lowest BCUT2D eigenvalue weighted by atomic mass is 9.70. The maximum absolute atomic E-state index is 9.85. The minimum atomic E-state index is -0.285. The fourth-order valence-corrected chi connectivity index (χ4v) is 2.23. The molecule has 1 heteroatoms. The van der Waals surface area contributed by atoms with Gasteiger partial charge in [0.25, 0.3) is 0 Å². The summed E-state index contributed by atoms with van der Waals surface area (Å²) in [7, 11) is 0. The highest BCUT2D eigenvalue weighted by atomic mass is 16.3. The second-order valence-corrected chi connectivity index (χ2v) is 5.37. The molecule has 0 amide bonds. The number of rotatable bonds is 2. The molecule has 86 valence electrons. The van der Waals surface area contributed by atoms with Crippen molar-refractivity contribution in [1.29, 1.82) is 0 Å². The third kappa shape index (κ3) is 1.92. The van der Waals surface area contributed by atoms with Gasteiger partial charge in [-0.1, -0.05) is 50.3 Å². The number of aliphatic hydroxyl groups excluding tert-OH is 1. The Labute approximate surface area is 97.8 Å².